The minimum atomic E-state index is -0.646. The molecule has 1 atom stereocenters. The van der Waals surface area contributed by atoms with Crippen LogP contribution in [0.25, 0.3) is 0 Å². The van der Waals surface area contributed by atoms with Crippen molar-refractivity contribution in [3.05, 3.63) is 34.9 Å². The fourth-order valence-electron chi connectivity index (χ4n) is 2.18. The minimum absolute atomic E-state index is 0.340. The maximum Gasteiger partial charge on any atom is 0.322 e. The van der Waals surface area contributed by atoms with E-state index in [0.717, 1.165) is 30.4 Å². The third-order valence-corrected chi connectivity index (χ3v) is 3.16. The second kappa shape index (κ2) is 5.53. The average Bonchev–Trinajstić information content (AvgIpc) is 2.74. The van der Waals surface area contributed by atoms with Gasteiger partial charge >= 0.3 is 6.03 Å². The van der Waals surface area contributed by atoms with Gasteiger partial charge in [0.05, 0.1) is 11.6 Å². The zero-order chi connectivity index (χ0) is 13.8. The summed E-state index contributed by atoms with van der Waals surface area (Å²) in [5.74, 6) is -0.340. The van der Waals surface area contributed by atoms with E-state index in [-0.39, 0.29) is 5.91 Å². The molecular weight excluding hydrogens is 242 g/mol. The van der Waals surface area contributed by atoms with Crippen molar-refractivity contribution >= 4 is 11.9 Å². The number of nitrogens with zero attached hydrogens (tertiary/aromatic N) is 1. The molecule has 1 saturated heterocycles. The van der Waals surface area contributed by atoms with Gasteiger partial charge in [0, 0.05) is 0 Å². The van der Waals surface area contributed by atoms with E-state index in [9.17, 15) is 9.59 Å². The number of hydrogen-bond donors (Lipinski definition) is 2. The maximum absolute atomic E-state index is 11.7. The molecule has 1 fully saturated rings. The summed E-state index contributed by atoms with van der Waals surface area (Å²) in [6.07, 6.45) is 2.80. The fourth-order valence-corrected chi connectivity index (χ4v) is 2.18. The number of rotatable bonds is 4. The Balaban J connectivity index is 2.36. The van der Waals surface area contributed by atoms with Crippen LogP contribution in [0.1, 0.15) is 42.5 Å². The normalized spacial score (nSPS) is 17.8. The number of nitrogens with one attached hydrogen (secondary N) is 2. The van der Waals surface area contributed by atoms with Gasteiger partial charge in [0.15, 0.2) is 0 Å². The molecule has 0 spiro atoms. The summed E-state index contributed by atoms with van der Waals surface area (Å²) in [5, 5.41) is 13.8. The molecule has 0 bridgehead atoms. The number of hydrogen-bond acceptors (Lipinski definition) is 3. The van der Waals surface area contributed by atoms with Crippen molar-refractivity contribution in [2.45, 2.75) is 32.2 Å². The van der Waals surface area contributed by atoms with Gasteiger partial charge in [-0.3, -0.25) is 10.1 Å². The second-order valence-corrected chi connectivity index (χ2v) is 4.52. The van der Waals surface area contributed by atoms with Crippen LogP contribution < -0.4 is 10.6 Å². The van der Waals surface area contributed by atoms with Crippen molar-refractivity contribution in [3.63, 3.8) is 0 Å². The van der Waals surface area contributed by atoms with Gasteiger partial charge in [0.2, 0.25) is 0 Å². The minimum Gasteiger partial charge on any atom is -0.322 e. The first-order valence-electron chi connectivity index (χ1n) is 6.30. The van der Waals surface area contributed by atoms with E-state index in [0.29, 0.717) is 5.56 Å². The highest BCUT2D eigenvalue weighted by Gasteiger charge is 2.32. The van der Waals surface area contributed by atoms with Crippen LogP contribution in [0.3, 0.4) is 0 Å². The number of benzene rings is 1. The lowest BCUT2D eigenvalue weighted by Crippen LogP contribution is -2.22. The molecule has 5 heteroatoms. The zero-order valence-electron chi connectivity index (χ0n) is 10.7. The highest BCUT2D eigenvalue weighted by molar-refractivity contribution is 6.04. The van der Waals surface area contributed by atoms with Crippen LogP contribution in [0.5, 0.6) is 0 Å². The van der Waals surface area contributed by atoms with Crippen LogP contribution in [0, 0.1) is 11.3 Å². The van der Waals surface area contributed by atoms with E-state index in [4.69, 9.17) is 5.26 Å². The average molecular weight is 257 g/mol. The summed E-state index contributed by atoms with van der Waals surface area (Å²) in [5.41, 5.74) is 2.29. The Labute approximate surface area is 111 Å². The number of imide groups is 1. The fraction of sp³-hybridized carbons (Fsp3) is 0.357. The molecule has 2 rings (SSSR count). The van der Waals surface area contributed by atoms with Crippen LogP contribution >= 0.6 is 0 Å². The molecule has 0 aromatic heterocycles. The molecule has 1 heterocycles. The molecule has 0 aliphatic carbocycles. The maximum atomic E-state index is 11.7. The highest BCUT2D eigenvalue weighted by Crippen LogP contribution is 2.23. The Bertz CT molecular complexity index is 560. The van der Waals surface area contributed by atoms with Crippen LogP contribution in [-0.2, 0) is 11.2 Å². The molecule has 0 saturated carbocycles. The van der Waals surface area contributed by atoms with E-state index in [2.05, 4.69) is 23.6 Å². The number of carbonyl (C=O) groups excluding carboxylic acids is 2. The Morgan fingerprint density at radius 1 is 1.37 bits per heavy atom. The van der Waals surface area contributed by atoms with Gasteiger partial charge in [-0.1, -0.05) is 19.4 Å². The lowest BCUT2D eigenvalue weighted by molar-refractivity contribution is -0.120. The molecule has 5 nitrogen and oxygen atoms in total. The van der Waals surface area contributed by atoms with Crippen LogP contribution in [0.2, 0.25) is 0 Å². The van der Waals surface area contributed by atoms with E-state index < -0.39 is 12.1 Å². The first kappa shape index (κ1) is 13.1. The SMILES string of the molecule is CCCCc1cc(C#N)ccc1C1NC(=O)NC1=O. The van der Waals surface area contributed by atoms with Gasteiger partial charge in [0.25, 0.3) is 5.91 Å². The molecule has 1 aliphatic heterocycles. The van der Waals surface area contributed by atoms with Gasteiger partial charge in [-0.05, 0) is 36.1 Å². The molecule has 2 N–H and O–H groups in total. The first-order chi connectivity index (χ1) is 9.15. The number of nitriles is 1. The van der Waals surface area contributed by atoms with E-state index >= 15 is 0 Å². The van der Waals surface area contributed by atoms with Gasteiger partial charge in [0.1, 0.15) is 6.04 Å². The number of amides is 3. The third kappa shape index (κ3) is 2.74. The van der Waals surface area contributed by atoms with Crippen molar-refractivity contribution in [1.29, 1.82) is 5.26 Å². The topological polar surface area (TPSA) is 82.0 Å². The van der Waals surface area contributed by atoms with Crippen molar-refractivity contribution in [3.8, 4) is 6.07 Å². The summed E-state index contributed by atoms with van der Waals surface area (Å²) >= 11 is 0. The summed E-state index contributed by atoms with van der Waals surface area (Å²) in [6, 6.07) is 6.19. The van der Waals surface area contributed by atoms with Gasteiger partial charge in [-0.2, -0.15) is 5.26 Å². The van der Waals surface area contributed by atoms with E-state index in [1.807, 2.05) is 0 Å². The van der Waals surface area contributed by atoms with Crippen LogP contribution in [0.4, 0.5) is 4.79 Å². The summed E-state index contributed by atoms with van der Waals surface area (Å²) in [4.78, 5) is 22.9. The van der Waals surface area contributed by atoms with Gasteiger partial charge in [-0.15, -0.1) is 0 Å². The molecule has 1 aliphatic rings. The standard InChI is InChI=1S/C14H15N3O2/c1-2-3-4-10-7-9(8-15)5-6-11(10)12-13(18)17-14(19)16-12/h5-7,12H,2-4H2,1H3,(H2,16,17,18,19). The summed E-state index contributed by atoms with van der Waals surface area (Å²) < 4.78 is 0. The third-order valence-electron chi connectivity index (χ3n) is 3.16. The first-order valence-corrected chi connectivity index (χ1v) is 6.30. The Morgan fingerprint density at radius 3 is 2.74 bits per heavy atom. The molecule has 3 amide bonds. The van der Waals surface area contributed by atoms with Crippen molar-refractivity contribution in [1.82, 2.24) is 10.6 Å². The number of urea groups is 1. The van der Waals surface area contributed by atoms with Gasteiger partial charge < -0.3 is 5.32 Å². The molecule has 19 heavy (non-hydrogen) atoms. The molecule has 1 aromatic carbocycles. The largest absolute Gasteiger partial charge is 0.322 e. The molecule has 98 valence electrons. The van der Waals surface area contributed by atoms with Crippen LogP contribution in [0.15, 0.2) is 18.2 Å². The van der Waals surface area contributed by atoms with Crippen molar-refractivity contribution in [2.24, 2.45) is 0 Å². The second-order valence-electron chi connectivity index (χ2n) is 4.52. The quantitative estimate of drug-likeness (QED) is 0.807. The molecule has 1 unspecified atom stereocenters. The Morgan fingerprint density at radius 2 is 2.16 bits per heavy atom. The number of aryl methyl sites for hydroxylation is 1. The summed E-state index contributed by atoms with van der Waals surface area (Å²) in [6.45, 7) is 2.08. The zero-order valence-corrected chi connectivity index (χ0v) is 10.7. The van der Waals surface area contributed by atoms with Crippen molar-refractivity contribution in [2.75, 3.05) is 0 Å². The van der Waals surface area contributed by atoms with E-state index in [1.165, 1.54) is 0 Å². The molecule has 1 aromatic rings. The van der Waals surface area contributed by atoms with Crippen molar-refractivity contribution < 1.29 is 9.59 Å². The van der Waals surface area contributed by atoms with Crippen LogP contribution in [-0.4, -0.2) is 11.9 Å². The Kier molecular flexibility index (Phi) is 3.81. The molecular formula is C14H15N3O2. The number of unbranched alkanes of at least 4 members (excludes halogenated alkanes) is 1. The highest BCUT2D eigenvalue weighted by atomic mass is 16.2. The van der Waals surface area contributed by atoms with E-state index in [1.54, 1.807) is 18.2 Å². The Hall–Kier alpha value is -2.35. The van der Waals surface area contributed by atoms with Gasteiger partial charge in [-0.25, -0.2) is 4.79 Å². The number of carbonyl (C=O) groups is 2. The predicted molar refractivity (Wildman–Crippen MR) is 69.2 cm³/mol. The monoisotopic (exact) mass is 257 g/mol. The lowest BCUT2D eigenvalue weighted by atomic mass is 9.94. The summed E-state index contributed by atoms with van der Waals surface area (Å²) in [7, 11) is 0. The lowest BCUT2D eigenvalue weighted by Gasteiger charge is -2.14. The smallest absolute Gasteiger partial charge is 0.322 e. The molecule has 0 radical (unpaired) electrons. The predicted octanol–water partition coefficient (Wildman–Crippen LogP) is 1.78.